The molecule has 0 aromatic rings. The largest absolute Gasteiger partial charge is 0.390 e. The molecule has 0 aromatic carbocycles. The standard InChI is InChI=1S/C10H14O3/c1-5-7-10(3)8(12-7)6(11)4-9(5,2)13-10/h6-8,11H,1,4H2,2-3H3. The zero-order chi connectivity index (χ0) is 9.43. The number of aliphatic hydroxyl groups is 1. The van der Waals surface area contributed by atoms with Crippen molar-refractivity contribution in [3.8, 4) is 0 Å². The summed E-state index contributed by atoms with van der Waals surface area (Å²) in [5.41, 5.74) is 0.304. The molecule has 3 saturated heterocycles. The monoisotopic (exact) mass is 182 g/mol. The highest BCUT2D eigenvalue weighted by atomic mass is 16.7. The molecule has 2 bridgehead atoms. The highest BCUT2D eigenvalue weighted by Gasteiger charge is 2.71. The zero-order valence-electron chi connectivity index (χ0n) is 7.91. The van der Waals surface area contributed by atoms with E-state index in [2.05, 4.69) is 6.58 Å². The van der Waals surface area contributed by atoms with Crippen LogP contribution in [0.5, 0.6) is 0 Å². The van der Waals surface area contributed by atoms with Crippen LogP contribution in [0.1, 0.15) is 20.3 Å². The molecule has 0 aliphatic carbocycles. The van der Waals surface area contributed by atoms with Crippen LogP contribution in [-0.2, 0) is 9.47 Å². The van der Waals surface area contributed by atoms with Crippen molar-refractivity contribution in [2.75, 3.05) is 0 Å². The van der Waals surface area contributed by atoms with Gasteiger partial charge in [-0.25, -0.2) is 0 Å². The van der Waals surface area contributed by atoms with Crippen LogP contribution in [0.2, 0.25) is 0 Å². The number of aliphatic hydroxyl groups excluding tert-OH is 1. The molecule has 0 spiro atoms. The van der Waals surface area contributed by atoms with Gasteiger partial charge in [0.15, 0.2) is 0 Å². The van der Waals surface area contributed by atoms with Gasteiger partial charge in [-0.15, -0.1) is 0 Å². The Morgan fingerprint density at radius 2 is 2.23 bits per heavy atom. The van der Waals surface area contributed by atoms with Crippen LogP contribution in [0.15, 0.2) is 12.2 Å². The predicted octanol–water partition coefficient (Wildman–Crippen LogP) is 0.622. The van der Waals surface area contributed by atoms with Gasteiger partial charge in [0, 0.05) is 6.42 Å². The molecular formula is C10H14O3. The van der Waals surface area contributed by atoms with Crippen molar-refractivity contribution in [1.29, 1.82) is 0 Å². The summed E-state index contributed by atoms with van der Waals surface area (Å²) in [5, 5.41) is 9.80. The van der Waals surface area contributed by atoms with E-state index < -0.39 is 6.10 Å². The van der Waals surface area contributed by atoms with Crippen molar-refractivity contribution in [3.05, 3.63) is 12.2 Å². The molecule has 0 saturated carbocycles. The maximum absolute atomic E-state index is 9.80. The summed E-state index contributed by atoms with van der Waals surface area (Å²) in [6.07, 6.45) is 0.0616. The number of fused-ring (bicyclic) bond motifs is 1. The van der Waals surface area contributed by atoms with Crippen LogP contribution in [0.25, 0.3) is 0 Å². The predicted molar refractivity (Wildman–Crippen MR) is 46.3 cm³/mol. The van der Waals surface area contributed by atoms with Crippen LogP contribution in [-0.4, -0.2) is 34.6 Å². The number of ether oxygens (including phenoxy) is 2. The Balaban J connectivity index is 2.11. The third-order valence-electron chi connectivity index (χ3n) is 3.76. The lowest BCUT2D eigenvalue weighted by atomic mass is 9.83. The van der Waals surface area contributed by atoms with Gasteiger partial charge in [-0.05, 0) is 19.4 Å². The summed E-state index contributed by atoms with van der Waals surface area (Å²) < 4.78 is 11.5. The molecule has 0 amide bonds. The molecule has 3 rings (SSSR count). The normalized spacial score (nSPS) is 63.6. The quantitative estimate of drug-likeness (QED) is 0.558. The fourth-order valence-corrected chi connectivity index (χ4v) is 3.01. The van der Waals surface area contributed by atoms with E-state index in [-0.39, 0.29) is 23.4 Å². The smallest absolute Gasteiger partial charge is 0.125 e. The minimum absolute atomic E-state index is 0.000324. The first kappa shape index (κ1) is 7.97. The third kappa shape index (κ3) is 0.652. The van der Waals surface area contributed by atoms with Gasteiger partial charge in [-0.3, -0.25) is 0 Å². The minimum Gasteiger partial charge on any atom is -0.390 e. The van der Waals surface area contributed by atoms with E-state index in [1.165, 1.54) is 0 Å². The molecule has 3 aliphatic heterocycles. The Bertz CT molecular complexity index is 301. The van der Waals surface area contributed by atoms with Crippen molar-refractivity contribution in [2.24, 2.45) is 0 Å². The van der Waals surface area contributed by atoms with Gasteiger partial charge in [0.1, 0.15) is 17.8 Å². The number of hydrogen-bond donors (Lipinski definition) is 1. The first-order valence-corrected chi connectivity index (χ1v) is 4.70. The third-order valence-corrected chi connectivity index (χ3v) is 3.76. The lowest BCUT2D eigenvalue weighted by Crippen LogP contribution is -2.67. The van der Waals surface area contributed by atoms with E-state index in [0.29, 0.717) is 6.42 Å². The molecule has 3 heterocycles. The van der Waals surface area contributed by atoms with Gasteiger partial charge in [0.2, 0.25) is 0 Å². The van der Waals surface area contributed by atoms with Gasteiger partial charge < -0.3 is 14.6 Å². The van der Waals surface area contributed by atoms with Crippen LogP contribution in [0, 0.1) is 0 Å². The first-order valence-electron chi connectivity index (χ1n) is 4.70. The molecule has 0 radical (unpaired) electrons. The lowest BCUT2D eigenvalue weighted by molar-refractivity contribution is -0.323. The van der Waals surface area contributed by atoms with E-state index in [1.54, 1.807) is 0 Å². The number of rotatable bonds is 0. The van der Waals surface area contributed by atoms with Crippen LogP contribution < -0.4 is 0 Å². The maximum atomic E-state index is 9.80. The summed E-state index contributed by atoms with van der Waals surface area (Å²) in [4.78, 5) is 0. The second kappa shape index (κ2) is 1.85. The highest BCUT2D eigenvalue weighted by Crippen LogP contribution is 2.59. The average Bonchev–Trinajstić information content (AvgIpc) is 2.11. The highest BCUT2D eigenvalue weighted by molar-refractivity contribution is 5.36. The Hall–Kier alpha value is -0.380. The van der Waals surface area contributed by atoms with Gasteiger partial charge in [0.05, 0.1) is 11.7 Å². The first-order chi connectivity index (χ1) is 5.97. The Morgan fingerprint density at radius 3 is 2.92 bits per heavy atom. The van der Waals surface area contributed by atoms with Crippen molar-refractivity contribution in [2.45, 2.75) is 49.8 Å². The Labute approximate surface area is 77.3 Å². The molecule has 1 N–H and O–H groups in total. The molecule has 3 fully saturated rings. The minimum atomic E-state index is -0.403. The fraction of sp³-hybridized carbons (Fsp3) is 0.800. The van der Waals surface area contributed by atoms with E-state index in [9.17, 15) is 5.11 Å². The topological polar surface area (TPSA) is 38.7 Å². The molecule has 5 atom stereocenters. The molecule has 0 aromatic heterocycles. The zero-order valence-corrected chi connectivity index (χ0v) is 7.91. The van der Waals surface area contributed by atoms with E-state index in [0.717, 1.165) is 5.57 Å². The van der Waals surface area contributed by atoms with E-state index in [4.69, 9.17) is 9.47 Å². The fourth-order valence-electron chi connectivity index (χ4n) is 3.01. The Kier molecular flexibility index (Phi) is 1.13. The van der Waals surface area contributed by atoms with Gasteiger partial charge in [0.25, 0.3) is 0 Å². The second-order valence-electron chi connectivity index (χ2n) is 4.75. The van der Waals surface area contributed by atoms with Crippen LogP contribution in [0.4, 0.5) is 0 Å². The molecule has 3 nitrogen and oxygen atoms in total. The summed E-state index contributed by atoms with van der Waals surface area (Å²) >= 11 is 0. The second-order valence-corrected chi connectivity index (χ2v) is 4.75. The number of hydrogen-bond acceptors (Lipinski definition) is 3. The van der Waals surface area contributed by atoms with Crippen molar-refractivity contribution >= 4 is 0 Å². The van der Waals surface area contributed by atoms with E-state index >= 15 is 0 Å². The van der Waals surface area contributed by atoms with Crippen molar-refractivity contribution in [1.82, 2.24) is 0 Å². The molecule has 3 heteroatoms. The molecule has 72 valence electrons. The van der Waals surface area contributed by atoms with Crippen LogP contribution in [0.3, 0.4) is 0 Å². The van der Waals surface area contributed by atoms with Crippen LogP contribution >= 0.6 is 0 Å². The summed E-state index contributed by atoms with van der Waals surface area (Å²) in [7, 11) is 0. The van der Waals surface area contributed by atoms with E-state index in [1.807, 2.05) is 13.8 Å². The summed E-state index contributed by atoms with van der Waals surface area (Å²) in [6.45, 7) is 8.00. The molecular weight excluding hydrogens is 168 g/mol. The van der Waals surface area contributed by atoms with Crippen molar-refractivity contribution < 1.29 is 14.6 Å². The maximum Gasteiger partial charge on any atom is 0.125 e. The summed E-state index contributed by atoms with van der Waals surface area (Å²) in [5.74, 6) is 0. The SMILES string of the molecule is C=C1C2OC3C(O)CC1(C)OC23C. The van der Waals surface area contributed by atoms with Gasteiger partial charge in [-0.2, -0.15) is 0 Å². The molecule has 13 heavy (non-hydrogen) atoms. The van der Waals surface area contributed by atoms with Crippen molar-refractivity contribution in [3.63, 3.8) is 0 Å². The summed E-state index contributed by atoms with van der Waals surface area (Å²) in [6, 6.07) is 0. The molecule has 5 unspecified atom stereocenters. The lowest BCUT2D eigenvalue weighted by Gasteiger charge is -2.52. The molecule has 3 aliphatic rings. The van der Waals surface area contributed by atoms with Gasteiger partial charge in [-0.1, -0.05) is 6.58 Å². The Morgan fingerprint density at radius 1 is 1.54 bits per heavy atom. The van der Waals surface area contributed by atoms with Gasteiger partial charge >= 0.3 is 0 Å². The average molecular weight is 182 g/mol.